The van der Waals surface area contributed by atoms with Crippen LogP contribution in [0.2, 0.25) is 5.02 Å². The zero-order chi connectivity index (χ0) is 24.1. The lowest BCUT2D eigenvalue weighted by Crippen LogP contribution is -2.26. The third-order valence-corrected chi connectivity index (χ3v) is 5.11. The molecule has 0 saturated heterocycles. The number of aromatic nitrogens is 3. The van der Waals surface area contributed by atoms with Gasteiger partial charge in [0, 0.05) is 21.8 Å². The number of ether oxygens (including phenoxy) is 1. The van der Waals surface area contributed by atoms with E-state index in [-0.39, 0.29) is 5.11 Å². The molecule has 10 heteroatoms. The van der Waals surface area contributed by atoms with Gasteiger partial charge in [0.1, 0.15) is 5.75 Å². The van der Waals surface area contributed by atoms with E-state index in [0.29, 0.717) is 28.4 Å². The van der Waals surface area contributed by atoms with Crippen molar-refractivity contribution in [1.29, 1.82) is 0 Å². The topological polar surface area (TPSA) is 96.3 Å². The Bertz CT molecular complexity index is 1370. The van der Waals surface area contributed by atoms with E-state index in [9.17, 15) is 0 Å². The van der Waals surface area contributed by atoms with E-state index in [2.05, 4.69) is 35.9 Å². The molecule has 2 heterocycles. The molecule has 172 valence electrons. The molecule has 0 fully saturated rings. The van der Waals surface area contributed by atoms with Gasteiger partial charge in [-0.25, -0.2) is 9.97 Å². The molecule has 0 bridgehead atoms. The van der Waals surface area contributed by atoms with Gasteiger partial charge in [0.15, 0.2) is 0 Å². The number of benzene rings is 2. The van der Waals surface area contributed by atoms with E-state index < -0.39 is 0 Å². The zero-order valence-electron chi connectivity index (χ0n) is 18.8. The molecule has 2 aromatic heterocycles. The first-order valence-electron chi connectivity index (χ1n) is 10.3. The molecule has 34 heavy (non-hydrogen) atoms. The van der Waals surface area contributed by atoms with Crippen LogP contribution in [0, 0.1) is 13.8 Å². The number of aryl methyl sites for hydroxylation is 2. The summed E-state index contributed by atoms with van der Waals surface area (Å²) in [5, 5.41) is 11.1. The largest absolute Gasteiger partial charge is 0.495 e. The minimum atomic E-state index is 0.175. The monoisotopic (exact) mass is 491 g/mol. The van der Waals surface area contributed by atoms with Crippen molar-refractivity contribution in [2.45, 2.75) is 13.8 Å². The Labute approximate surface area is 207 Å². The number of guanidine groups is 1. The minimum Gasteiger partial charge on any atom is -0.495 e. The van der Waals surface area contributed by atoms with E-state index in [1.54, 1.807) is 31.5 Å². The summed E-state index contributed by atoms with van der Waals surface area (Å²) in [6.45, 7) is 3.80. The maximum absolute atomic E-state index is 6.13. The molecule has 2 aromatic carbocycles. The third kappa shape index (κ3) is 5.94. The first-order chi connectivity index (χ1) is 16.4. The number of para-hydroxylation sites is 1. The second kappa shape index (κ2) is 10.4. The lowest BCUT2D eigenvalue weighted by molar-refractivity contribution is 0.417. The fourth-order valence-corrected chi connectivity index (χ4v) is 3.65. The number of hydrogen-bond acceptors (Lipinski definition) is 5. The van der Waals surface area contributed by atoms with Gasteiger partial charge < -0.3 is 15.4 Å². The summed E-state index contributed by atoms with van der Waals surface area (Å²) < 4.78 is 5.38. The molecular weight excluding hydrogens is 470 g/mol. The van der Waals surface area contributed by atoms with Crippen molar-refractivity contribution < 1.29 is 4.74 Å². The molecule has 0 aliphatic carbocycles. The Morgan fingerprint density at radius 3 is 2.50 bits per heavy atom. The Morgan fingerprint density at radius 2 is 1.74 bits per heavy atom. The number of nitrogens with zero attached hydrogens (tertiary/aromatic N) is 4. The lowest BCUT2D eigenvalue weighted by atomic mass is 10.2. The van der Waals surface area contributed by atoms with Crippen LogP contribution in [0.15, 0.2) is 65.8 Å². The van der Waals surface area contributed by atoms with Crippen molar-refractivity contribution in [3.63, 3.8) is 0 Å². The molecular formula is C24H22ClN7OS. The van der Waals surface area contributed by atoms with E-state index in [4.69, 9.17) is 28.6 Å². The number of halogens is 1. The van der Waals surface area contributed by atoms with Gasteiger partial charge >= 0.3 is 0 Å². The van der Waals surface area contributed by atoms with Crippen LogP contribution in [-0.2, 0) is 0 Å². The van der Waals surface area contributed by atoms with Gasteiger partial charge in [-0.1, -0.05) is 29.8 Å². The number of pyridine rings is 1. The SMILES string of the molecule is COc1ccc(Cl)cc1NC(=S)/N=C(/Nc1cnc2ccccc2c1)Nc1nc(C)cc(C)n1. The third-order valence-electron chi connectivity index (χ3n) is 4.68. The van der Waals surface area contributed by atoms with Crippen LogP contribution < -0.4 is 20.7 Å². The maximum atomic E-state index is 6.13. The fourth-order valence-electron chi connectivity index (χ4n) is 3.27. The van der Waals surface area contributed by atoms with Crippen LogP contribution >= 0.6 is 23.8 Å². The van der Waals surface area contributed by atoms with Gasteiger partial charge in [-0.05, 0) is 62.5 Å². The molecule has 3 N–H and O–H groups in total. The summed E-state index contributed by atoms with van der Waals surface area (Å²) in [4.78, 5) is 17.9. The smallest absolute Gasteiger partial charge is 0.229 e. The molecule has 0 unspecified atom stereocenters. The Morgan fingerprint density at radius 1 is 0.971 bits per heavy atom. The van der Waals surface area contributed by atoms with Crippen molar-refractivity contribution in [3.05, 3.63) is 77.2 Å². The van der Waals surface area contributed by atoms with Gasteiger partial charge in [-0.2, -0.15) is 4.99 Å². The van der Waals surface area contributed by atoms with Crippen molar-refractivity contribution in [3.8, 4) is 5.75 Å². The molecule has 0 atom stereocenters. The number of rotatable bonds is 4. The van der Waals surface area contributed by atoms with E-state index in [1.807, 2.05) is 50.2 Å². The second-order valence-electron chi connectivity index (χ2n) is 7.38. The first kappa shape index (κ1) is 23.3. The molecule has 0 radical (unpaired) electrons. The van der Waals surface area contributed by atoms with E-state index in [0.717, 1.165) is 28.0 Å². The average molecular weight is 492 g/mol. The van der Waals surface area contributed by atoms with Gasteiger partial charge in [-0.3, -0.25) is 10.3 Å². The van der Waals surface area contributed by atoms with Crippen LogP contribution in [0.5, 0.6) is 5.75 Å². The van der Waals surface area contributed by atoms with Crippen molar-refractivity contribution >= 4 is 63.1 Å². The highest BCUT2D eigenvalue weighted by Crippen LogP contribution is 2.27. The Balaban J connectivity index is 1.65. The number of anilines is 3. The molecule has 0 aliphatic rings. The predicted molar refractivity (Wildman–Crippen MR) is 142 cm³/mol. The summed E-state index contributed by atoms with van der Waals surface area (Å²) >= 11 is 11.6. The summed E-state index contributed by atoms with van der Waals surface area (Å²) in [6, 6.07) is 16.9. The van der Waals surface area contributed by atoms with Gasteiger partial charge in [-0.15, -0.1) is 0 Å². The van der Waals surface area contributed by atoms with Gasteiger partial charge in [0.05, 0.1) is 30.2 Å². The zero-order valence-corrected chi connectivity index (χ0v) is 20.3. The van der Waals surface area contributed by atoms with Gasteiger partial charge in [0.25, 0.3) is 0 Å². The predicted octanol–water partition coefficient (Wildman–Crippen LogP) is 5.58. The molecule has 4 aromatic rings. The highest BCUT2D eigenvalue weighted by Gasteiger charge is 2.10. The summed E-state index contributed by atoms with van der Waals surface area (Å²) in [5.74, 6) is 1.29. The van der Waals surface area contributed by atoms with Crippen LogP contribution in [0.1, 0.15) is 11.4 Å². The number of methoxy groups -OCH3 is 1. The number of hydrogen-bond donors (Lipinski definition) is 3. The van der Waals surface area contributed by atoms with E-state index in [1.165, 1.54) is 0 Å². The fraction of sp³-hybridized carbons (Fsp3) is 0.125. The first-order valence-corrected chi connectivity index (χ1v) is 11.1. The molecule has 4 rings (SSSR count). The molecule has 8 nitrogen and oxygen atoms in total. The highest BCUT2D eigenvalue weighted by atomic mass is 35.5. The van der Waals surface area contributed by atoms with Crippen molar-refractivity contribution in [2.75, 3.05) is 23.1 Å². The molecule has 0 aliphatic heterocycles. The number of thiocarbonyl (C=S) groups is 1. The number of aliphatic imine (C=N–C) groups is 1. The average Bonchev–Trinajstić information content (AvgIpc) is 2.78. The Hall–Kier alpha value is -3.82. The standard InChI is InChI=1S/C24H22ClN7OS/c1-14-10-15(2)28-22(27-14)31-23(29-18-11-16-6-4-5-7-19(16)26-13-18)32-24(34)30-20-12-17(25)8-9-21(20)33-3/h4-13H,1-3H3,(H3,27,28,29,30,31,32,34). The number of nitrogens with one attached hydrogen (secondary N) is 3. The molecule has 0 saturated carbocycles. The van der Waals surface area contributed by atoms with E-state index >= 15 is 0 Å². The summed E-state index contributed by atoms with van der Waals surface area (Å²) in [6.07, 6.45) is 1.72. The van der Waals surface area contributed by atoms with Crippen LogP contribution in [0.3, 0.4) is 0 Å². The van der Waals surface area contributed by atoms with Crippen LogP contribution in [0.4, 0.5) is 17.3 Å². The second-order valence-corrected chi connectivity index (χ2v) is 8.20. The summed E-state index contributed by atoms with van der Waals surface area (Å²) in [7, 11) is 1.57. The molecule has 0 spiro atoms. The maximum Gasteiger partial charge on any atom is 0.229 e. The van der Waals surface area contributed by atoms with Crippen LogP contribution in [0.25, 0.3) is 10.9 Å². The summed E-state index contributed by atoms with van der Waals surface area (Å²) in [5.41, 5.74) is 3.86. The number of fused-ring (bicyclic) bond motifs is 1. The quantitative estimate of drug-likeness (QED) is 0.193. The van der Waals surface area contributed by atoms with Crippen molar-refractivity contribution in [1.82, 2.24) is 15.0 Å². The highest BCUT2D eigenvalue weighted by molar-refractivity contribution is 7.80. The normalized spacial score (nSPS) is 11.2. The van der Waals surface area contributed by atoms with Crippen molar-refractivity contribution in [2.24, 2.45) is 4.99 Å². The lowest BCUT2D eigenvalue weighted by Gasteiger charge is -2.14. The minimum absolute atomic E-state index is 0.175. The Kier molecular flexibility index (Phi) is 7.15. The molecule has 0 amide bonds. The van der Waals surface area contributed by atoms with Gasteiger partial charge in [0.2, 0.25) is 17.0 Å². The van der Waals surface area contributed by atoms with Crippen LogP contribution in [-0.4, -0.2) is 33.1 Å².